The van der Waals surface area contributed by atoms with Crippen molar-refractivity contribution in [1.82, 2.24) is 4.98 Å². The molecule has 0 aliphatic heterocycles. The van der Waals surface area contributed by atoms with Crippen LogP contribution in [0.4, 0.5) is 34.1 Å². The molecule has 2 aromatic heterocycles. The first-order chi connectivity index (χ1) is 30.7. The van der Waals surface area contributed by atoms with Crippen LogP contribution < -0.4 is 9.80 Å². The molecule has 62 heavy (non-hydrogen) atoms. The topological polar surface area (TPSA) is 22.3 Å². The number of benzene rings is 10. The van der Waals surface area contributed by atoms with Crippen LogP contribution in [0.15, 0.2) is 231 Å². The molecule has 0 saturated carbocycles. The molecule has 4 heteroatoms. The lowest BCUT2D eigenvalue weighted by atomic mass is 10.0. The maximum atomic E-state index is 3.85. The summed E-state index contributed by atoms with van der Waals surface area (Å²) >= 11 is 1.86. The van der Waals surface area contributed by atoms with Crippen molar-refractivity contribution in [2.24, 2.45) is 0 Å². The van der Waals surface area contributed by atoms with Gasteiger partial charge in [0.2, 0.25) is 0 Å². The van der Waals surface area contributed by atoms with Gasteiger partial charge in [-0.15, -0.1) is 11.3 Å². The van der Waals surface area contributed by atoms with Crippen molar-refractivity contribution < 1.29 is 0 Å². The maximum Gasteiger partial charge on any atom is 0.0544 e. The van der Waals surface area contributed by atoms with Gasteiger partial charge in [0.25, 0.3) is 0 Å². The van der Waals surface area contributed by atoms with E-state index in [2.05, 4.69) is 245 Å². The molecule has 0 amide bonds. The SMILES string of the molecule is c1ccc(-c2ccc(N(c3ccc4ccccc4c3)c3ccc4[nH]c5c(-c6ccc7c(c6)sc6cc(N(c8ccccc8)c8ccccc8)ccc67)cccc5c4c3)cc2)cc1. The first-order valence-electron chi connectivity index (χ1n) is 21.1. The average molecular weight is 810 g/mol. The van der Waals surface area contributed by atoms with Gasteiger partial charge in [-0.25, -0.2) is 0 Å². The molecule has 0 aliphatic carbocycles. The smallest absolute Gasteiger partial charge is 0.0544 e. The molecule has 1 N–H and O–H groups in total. The van der Waals surface area contributed by atoms with Crippen molar-refractivity contribution in [2.45, 2.75) is 0 Å². The van der Waals surface area contributed by atoms with Crippen molar-refractivity contribution in [3.05, 3.63) is 231 Å². The molecule has 3 nitrogen and oxygen atoms in total. The number of hydrogen-bond acceptors (Lipinski definition) is 3. The van der Waals surface area contributed by atoms with E-state index in [4.69, 9.17) is 0 Å². The van der Waals surface area contributed by atoms with Crippen molar-refractivity contribution in [1.29, 1.82) is 0 Å². The molecule has 0 saturated heterocycles. The van der Waals surface area contributed by atoms with Crippen LogP contribution in [0.2, 0.25) is 0 Å². The Balaban J connectivity index is 0.941. The highest BCUT2D eigenvalue weighted by molar-refractivity contribution is 7.25. The Labute approximate surface area is 364 Å². The molecule has 0 unspecified atom stereocenters. The average Bonchev–Trinajstić information content (AvgIpc) is 3.90. The van der Waals surface area contributed by atoms with E-state index in [1.165, 1.54) is 64.0 Å². The molecule has 12 aromatic rings. The fourth-order valence-electron chi connectivity index (χ4n) is 9.16. The highest BCUT2D eigenvalue weighted by atomic mass is 32.1. The summed E-state index contributed by atoms with van der Waals surface area (Å²) in [4.78, 5) is 8.56. The summed E-state index contributed by atoms with van der Waals surface area (Å²) in [7, 11) is 0. The quantitative estimate of drug-likeness (QED) is 0.165. The summed E-state index contributed by atoms with van der Waals surface area (Å²) in [6.45, 7) is 0. The van der Waals surface area contributed by atoms with Gasteiger partial charge in [0.15, 0.2) is 0 Å². The Kier molecular flexibility index (Phi) is 8.68. The van der Waals surface area contributed by atoms with Gasteiger partial charge in [-0.2, -0.15) is 0 Å². The van der Waals surface area contributed by atoms with Crippen LogP contribution in [-0.4, -0.2) is 4.98 Å². The molecule has 0 bridgehead atoms. The minimum Gasteiger partial charge on any atom is -0.354 e. The fourth-order valence-corrected chi connectivity index (χ4v) is 10.3. The first-order valence-corrected chi connectivity index (χ1v) is 21.9. The number of para-hydroxylation sites is 3. The predicted molar refractivity (Wildman–Crippen MR) is 266 cm³/mol. The summed E-state index contributed by atoms with van der Waals surface area (Å²) in [5, 5.41) is 7.41. The Morgan fingerprint density at radius 3 is 1.60 bits per heavy atom. The van der Waals surface area contributed by atoms with Gasteiger partial charge in [0.1, 0.15) is 0 Å². The molecule has 0 radical (unpaired) electrons. The van der Waals surface area contributed by atoms with E-state index in [1.54, 1.807) is 0 Å². The summed E-state index contributed by atoms with van der Waals surface area (Å²) in [5.74, 6) is 0. The normalized spacial score (nSPS) is 11.5. The Morgan fingerprint density at radius 2 is 0.839 bits per heavy atom. The van der Waals surface area contributed by atoms with E-state index in [0.717, 1.165) is 45.2 Å². The van der Waals surface area contributed by atoms with Gasteiger partial charge >= 0.3 is 0 Å². The lowest BCUT2D eigenvalue weighted by Crippen LogP contribution is -2.09. The van der Waals surface area contributed by atoms with E-state index in [0.29, 0.717) is 0 Å². The molecule has 0 spiro atoms. The summed E-state index contributed by atoms with van der Waals surface area (Å²) in [6, 6.07) is 83.5. The Hall–Kier alpha value is -7.92. The van der Waals surface area contributed by atoms with Gasteiger partial charge in [0, 0.05) is 76.1 Å². The molecule has 0 atom stereocenters. The number of rotatable bonds is 8. The minimum atomic E-state index is 1.11. The summed E-state index contributed by atoms with van der Waals surface area (Å²) in [6.07, 6.45) is 0. The van der Waals surface area contributed by atoms with Gasteiger partial charge in [-0.3, -0.25) is 0 Å². The lowest BCUT2D eigenvalue weighted by Gasteiger charge is -2.26. The number of hydrogen-bond donors (Lipinski definition) is 1. The van der Waals surface area contributed by atoms with Crippen LogP contribution in [-0.2, 0) is 0 Å². The third-order valence-electron chi connectivity index (χ3n) is 12.2. The zero-order chi connectivity index (χ0) is 41.0. The van der Waals surface area contributed by atoms with Crippen LogP contribution >= 0.6 is 11.3 Å². The van der Waals surface area contributed by atoms with E-state index in [1.807, 2.05) is 11.3 Å². The van der Waals surface area contributed by atoms with Crippen molar-refractivity contribution in [3.8, 4) is 22.3 Å². The molecule has 10 aromatic carbocycles. The number of fused-ring (bicyclic) bond motifs is 7. The number of aromatic nitrogens is 1. The molecule has 12 rings (SSSR count). The van der Waals surface area contributed by atoms with Crippen molar-refractivity contribution in [2.75, 3.05) is 9.80 Å². The molecular formula is C58H39N3S. The monoisotopic (exact) mass is 809 g/mol. The van der Waals surface area contributed by atoms with Crippen molar-refractivity contribution >= 4 is 98.2 Å². The number of nitrogens with one attached hydrogen (secondary N) is 1. The molecular weight excluding hydrogens is 771 g/mol. The standard InChI is InChI=1S/C58H39N3S/c1-4-13-39(14-5-1)41-23-27-46(28-24-41)61(47-29-25-40-15-10-11-16-42(40)35-47)48-31-34-55-54(37-48)53-22-12-21-50(58(53)59-55)43-26-32-51-52-33-30-49(38-57(52)62-56(51)36-43)60(44-17-6-2-7-18-44)45-19-8-3-9-20-45/h1-38,59H. The molecule has 0 aliphatic rings. The second-order valence-corrected chi connectivity index (χ2v) is 16.9. The zero-order valence-electron chi connectivity index (χ0n) is 33.7. The number of H-pyrrole nitrogens is 1. The maximum absolute atomic E-state index is 3.85. The van der Waals surface area contributed by atoms with Crippen LogP contribution in [0.25, 0.3) is 75.0 Å². The largest absolute Gasteiger partial charge is 0.354 e. The van der Waals surface area contributed by atoms with E-state index in [9.17, 15) is 0 Å². The fraction of sp³-hybridized carbons (Fsp3) is 0. The Morgan fingerprint density at radius 1 is 0.306 bits per heavy atom. The molecule has 292 valence electrons. The minimum absolute atomic E-state index is 1.11. The number of thiophene rings is 1. The van der Waals surface area contributed by atoms with Gasteiger partial charge in [-0.05, 0) is 112 Å². The predicted octanol–water partition coefficient (Wildman–Crippen LogP) is 17.1. The first kappa shape index (κ1) is 36.0. The number of anilines is 6. The van der Waals surface area contributed by atoms with E-state index >= 15 is 0 Å². The lowest BCUT2D eigenvalue weighted by molar-refractivity contribution is 1.29. The number of aromatic amines is 1. The van der Waals surface area contributed by atoms with Gasteiger partial charge in [-0.1, -0.05) is 146 Å². The third kappa shape index (κ3) is 6.28. The van der Waals surface area contributed by atoms with E-state index in [-0.39, 0.29) is 0 Å². The highest BCUT2D eigenvalue weighted by Gasteiger charge is 2.18. The van der Waals surface area contributed by atoms with Crippen LogP contribution in [0.3, 0.4) is 0 Å². The van der Waals surface area contributed by atoms with Gasteiger partial charge < -0.3 is 14.8 Å². The molecule has 2 heterocycles. The third-order valence-corrected chi connectivity index (χ3v) is 13.3. The molecule has 0 fully saturated rings. The van der Waals surface area contributed by atoms with Crippen LogP contribution in [0, 0.1) is 0 Å². The summed E-state index contributed by atoms with van der Waals surface area (Å²) < 4.78 is 2.55. The Bertz CT molecular complexity index is 3530. The van der Waals surface area contributed by atoms with E-state index < -0.39 is 0 Å². The summed E-state index contributed by atoms with van der Waals surface area (Å²) in [5.41, 5.74) is 13.8. The second kappa shape index (κ2) is 15.0. The second-order valence-electron chi connectivity index (χ2n) is 15.9. The number of nitrogens with zero attached hydrogens (tertiary/aromatic N) is 2. The van der Waals surface area contributed by atoms with Crippen LogP contribution in [0.1, 0.15) is 0 Å². The highest BCUT2D eigenvalue weighted by Crippen LogP contribution is 2.44. The zero-order valence-corrected chi connectivity index (χ0v) is 34.6. The van der Waals surface area contributed by atoms with Crippen LogP contribution in [0.5, 0.6) is 0 Å². The van der Waals surface area contributed by atoms with Crippen molar-refractivity contribution in [3.63, 3.8) is 0 Å². The van der Waals surface area contributed by atoms with Gasteiger partial charge in [0.05, 0.1) is 5.52 Å².